The van der Waals surface area contributed by atoms with Crippen molar-refractivity contribution in [2.45, 2.75) is 6.92 Å². The minimum atomic E-state index is -0.381. The zero-order valence-corrected chi connectivity index (χ0v) is 12.9. The maximum atomic E-state index is 12.0. The van der Waals surface area contributed by atoms with Crippen molar-refractivity contribution in [3.05, 3.63) is 33.6 Å². The summed E-state index contributed by atoms with van der Waals surface area (Å²) in [6.45, 7) is 2.10. The van der Waals surface area contributed by atoms with E-state index in [0.29, 0.717) is 22.4 Å². The number of benzene rings is 1. The maximum absolute atomic E-state index is 12.0. The Balaban J connectivity index is 2.53. The van der Waals surface area contributed by atoms with Gasteiger partial charge in [0.15, 0.2) is 0 Å². The number of carbonyl (C=O) groups excluding carboxylic acids is 1. The first-order chi connectivity index (χ1) is 9.17. The van der Waals surface area contributed by atoms with Gasteiger partial charge in [0.25, 0.3) is 5.19 Å². The second-order valence-electron chi connectivity index (χ2n) is 3.56. The fourth-order valence-electron chi connectivity index (χ4n) is 1.56. The molecule has 19 heavy (non-hydrogen) atoms. The molecule has 1 aromatic heterocycles. The number of methoxy groups -OCH3 is 1. The van der Waals surface area contributed by atoms with Crippen LogP contribution in [0.3, 0.4) is 0 Å². The lowest BCUT2D eigenvalue weighted by Gasteiger charge is -2.04. The zero-order chi connectivity index (χ0) is 13.8. The van der Waals surface area contributed by atoms with Crippen LogP contribution in [0.4, 0.5) is 0 Å². The molecule has 100 valence electrons. The van der Waals surface area contributed by atoms with Gasteiger partial charge in [-0.15, -0.1) is 0 Å². The Labute approximate surface area is 123 Å². The van der Waals surface area contributed by atoms with E-state index < -0.39 is 0 Å². The Kier molecular flexibility index (Phi) is 4.55. The molecule has 0 aliphatic rings. The SMILES string of the molecule is CCOC(=O)c1sc(OC)nc1-c1ccccc1Br. The van der Waals surface area contributed by atoms with Crippen LogP contribution < -0.4 is 4.74 Å². The fraction of sp³-hybridized carbons (Fsp3) is 0.231. The zero-order valence-electron chi connectivity index (χ0n) is 10.5. The van der Waals surface area contributed by atoms with Crippen LogP contribution >= 0.6 is 27.3 Å². The van der Waals surface area contributed by atoms with Crippen molar-refractivity contribution < 1.29 is 14.3 Å². The molecule has 0 spiro atoms. The summed E-state index contributed by atoms with van der Waals surface area (Å²) >= 11 is 4.64. The molecule has 0 saturated carbocycles. The lowest BCUT2D eigenvalue weighted by Crippen LogP contribution is -2.04. The highest BCUT2D eigenvalue weighted by molar-refractivity contribution is 9.10. The number of thiazole rings is 1. The molecule has 0 aliphatic heterocycles. The molecule has 2 aromatic rings. The Morgan fingerprint density at radius 1 is 1.42 bits per heavy atom. The number of halogens is 1. The Bertz CT molecular complexity index is 597. The average molecular weight is 342 g/mol. The van der Waals surface area contributed by atoms with Gasteiger partial charge in [0.1, 0.15) is 10.6 Å². The minimum Gasteiger partial charge on any atom is -0.473 e. The molecule has 1 heterocycles. The number of ether oxygens (including phenoxy) is 2. The van der Waals surface area contributed by atoms with E-state index in [1.165, 1.54) is 18.4 Å². The monoisotopic (exact) mass is 341 g/mol. The molecule has 0 aliphatic carbocycles. The van der Waals surface area contributed by atoms with Crippen molar-refractivity contribution in [3.8, 4) is 16.5 Å². The van der Waals surface area contributed by atoms with E-state index in [9.17, 15) is 4.79 Å². The number of carbonyl (C=O) groups is 1. The average Bonchev–Trinajstić information content (AvgIpc) is 2.83. The summed E-state index contributed by atoms with van der Waals surface area (Å²) in [4.78, 5) is 16.7. The van der Waals surface area contributed by atoms with Crippen molar-refractivity contribution in [1.82, 2.24) is 4.98 Å². The molecule has 0 fully saturated rings. The predicted molar refractivity (Wildman–Crippen MR) is 77.8 cm³/mol. The molecule has 0 saturated heterocycles. The Hall–Kier alpha value is -1.40. The molecule has 0 atom stereocenters. The second kappa shape index (κ2) is 6.16. The molecule has 0 N–H and O–H groups in total. The largest absolute Gasteiger partial charge is 0.473 e. The Morgan fingerprint density at radius 2 is 2.16 bits per heavy atom. The van der Waals surface area contributed by atoms with Crippen LogP contribution in [-0.2, 0) is 4.74 Å². The smallest absolute Gasteiger partial charge is 0.350 e. The summed E-state index contributed by atoms with van der Waals surface area (Å²) < 4.78 is 11.0. The highest BCUT2D eigenvalue weighted by Crippen LogP contribution is 2.36. The molecule has 1 aromatic carbocycles. The van der Waals surface area contributed by atoms with E-state index >= 15 is 0 Å². The van der Waals surface area contributed by atoms with Gasteiger partial charge in [-0.3, -0.25) is 0 Å². The van der Waals surface area contributed by atoms with Crippen molar-refractivity contribution in [2.24, 2.45) is 0 Å². The summed E-state index contributed by atoms with van der Waals surface area (Å²) in [5.41, 5.74) is 1.41. The third kappa shape index (κ3) is 2.96. The predicted octanol–water partition coefficient (Wildman–Crippen LogP) is 3.76. The lowest BCUT2D eigenvalue weighted by atomic mass is 10.1. The highest BCUT2D eigenvalue weighted by atomic mass is 79.9. The van der Waals surface area contributed by atoms with Gasteiger partial charge in [-0.2, -0.15) is 0 Å². The van der Waals surface area contributed by atoms with Crippen molar-refractivity contribution >= 4 is 33.2 Å². The maximum Gasteiger partial charge on any atom is 0.350 e. The van der Waals surface area contributed by atoms with Gasteiger partial charge in [-0.25, -0.2) is 9.78 Å². The fourth-order valence-corrected chi connectivity index (χ4v) is 2.82. The summed E-state index contributed by atoms with van der Waals surface area (Å²) in [5, 5.41) is 0.439. The van der Waals surface area contributed by atoms with Crippen molar-refractivity contribution in [3.63, 3.8) is 0 Å². The van der Waals surface area contributed by atoms with E-state index in [-0.39, 0.29) is 5.97 Å². The van der Waals surface area contributed by atoms with Crippen LogP contribution in [0.15, 0.2) is 28.7 Å². The molecule has 2 rings (SSSR count). The van der Waals surface area contributed by atoms with Crippen LogP contribution in [0.1, 0.15) is 16.6 Å². The number of rotatable bonds is 4. The normalized spacial score (nSPS) is 10.3. The first kappa shape index (κ1) is 14.0. The first-order valence-electron chi connectivity index (χ1n) is 5.64. The minimum absolute atomic E-state index is 0.328. The summed E-state index contributed by atoms with van der Waals surface area (Å²) in [6, 6.07) is 7.58. The van der Waals surface area contributed by atoms with Crippen LogP contribution in [0, 0.1) is 0 Å². The van der Waals surface area contributed by atoms with Gasteiger partial charge < -0.3 is 9.47 Å². The lowest BCUT2D eigenvalue weighted by molar-refractivity contribution is 0.0532. The number of hydrogen-bond donors (Lipinski definition) is 0. The van der Waals surface area contributed by atoms with Crippen molar-refractivity contribution in [2.75, 3.05) is 13.7 Å². The molecular weight excluding hydrogens is 330 g/mol. The van der Waals surface area contributed by atoms with Gasteiger partial charge in [-0.05, 0) is 13.0 Å². The van der Waals surface area contributed by atoms with E-state index in [0.717, 1.165) is 10.0 Å². The third-order valence-electron chi connectivity index (χ3n) is 2.37. The number of esters is 1. The molecule has 0 amide bonds. The molecular formula is C13H12BrNO3S. The molecule has 4 nitrogen and oxygen atoms in total. The van der Waals surface area contributed by atoms with Crippen LogP contribution in [0.5, 0.6) is 5.19 Å². The van der Waals surface area contributed by atoms with E-state index in [1.54, 1.807) is 6.92 Å². The topological polar surface area (TPSA) is 48.4 Å². The highest BCUT2D eigenvalue weighted by Gasteiger charge is 2.22. The van der Waals surface area contributed by atoms with Crippen LogP contribution in [0.2, 0.25) is 0 Å². The van der Waals surface area contributed by atoms with Gasteiger partial charge in [0.2, 0.25) is 0 Å². The molecule has 0 radical (unpaired) electrons. The molecule has 0 bridgehead atoms. The quantitative estimate of drug-likeness (QED) is 0.794. The van der Waals surface area contributed by atoms with Gasteiger partial charge in [0, 0.05) is 10.0 Å². The van der Waals surface area contributed by atoms with Gasteiger partial charge in [0.05, 0.1) is 13.7 Å². The first-order valence-corrected chi connectivity index (χ1v) is 7.25. The third-order valence-corrected chi connectivity index (χ3v) is 4.06. The number of aromatic nitrogens is 1. The van der Waals surface area contributed by atoms with Gasteiger partial charge in [-0.1, -0.05) is 45.5 Å². The van der Waals surface area contributed by atoms with E-state index in [2.05, 4.69) is 20.9 Å². The van der Waals surface area contributed by atoms with E-state index in [4.69, 9.17) is 9.47 Å². The van der Waals surface area contributed by atoms with Crippen LogP contribution in [0.25, 0.3) is 11.3 Å². The Morgan fingerprint density at radius 3 is 2.79 bits per heavy atom. The molecule has 0 unspecified atom stereocenters. The second-order valence-corrected chi connectivity index (χ2v) is 5.38. The number of nitrogens with zero attached hydrogens (tertiary/aromatic N) is 1. The summed E-state index contributed by atoms with van der Waals surface area (Å²) in [7, 11) is 1.53. The summed E-state index contributed by atoms with van der Waals surface area (Å²) in [5.74, 6) is -0.381. The van der Waals surface area contributed by atoms with E-state index in [1.807, 2.05) is 24.3 Å². The summed E-state index contributed by atoms with van der Waals surface area (Å²) in [6.07, 6.45) is 0. The van der Waals surface area contributed by atoms with Crippen molar-refractivity contribution in [1.29, 1.82) is 0 Å². The number of hydrogen-bond acceptors (Lipinski definition) is 5. The standard InChI is InChI=1S/C13H12BrNO3S/c1-3-18-12(16)11-10(15-13(17-2)19-11)8-6-4-5-7-9(8)14/h4-7H,3H2,1-2H3. The van der Waals surface area contributed by atoms with Crippen LogP contribution in [-0.4, -0.2) is 24.7 Å². The van der Waals surface area contributed by atoms with Gasteiger partial charge >= 0.3 is 5.97 Å². The molecule has 6 heteroatoms.